The van der Waals surface area contributed by atoms with Crippen LogP contribution in [0.1, 0.15) is 16.7 Å². The minimum atomic E-state index is -0.302. The average Bonchev–Trinajstić information content (AvgIpc) is 2.40. The molecule has 0 aliphatic heterocycles. The summed E-state index contributed by atoms with van der Waals surface area (Å²) in [5.41, 5.74) is 2.47. The van der Waals surface area contributed by atoms with Crippen molar-refractivity contribution in [1.82, 2.24) is 0 Å². The maximum absolute atomic E-state index is 13.2. The van der Waals surface area contributed by atoms with E-state index in [4.69, 9.17) is 4.74 Å². The first kappa shape index (κ1) is 14.0. The monoisotopic (exact) mass is 326 g/mol. The Morgan fingerprint density at radius 1 is 1.00 bits per heavy atom. The Morgan fingerprint density at radius 2 is 1.63 bits per heavy atom. The van der Waals surface area contributed by atoms with E-state index in [1.807, 2.05) is 6.92 Å². The first-order valence-corrected chi connectivity index (χ1v) is 6.94. The molecular weight excluding hydrogens is 314 g/mol. The molecule has 0 saturated heterocycles. The maximum atomic E-state index is 13.2. The highest BCUT2D eigenvalue weighted by molar-refractivity contribution is 9.08. The quantitative estimate of drug-likeness (QED) is 0.737. The summed E-state index contributed by atoms with van der Waals surface area (Å²) < 4.78 is 31.9. The number of benzene rings is 2. The van der Waals surface area contributed by atoms with Gasteiger partial charge in [0.05, 0.1) is 0 Å². The molecule has 0 aromatic heterocycles. The topological polar surface area (TPSA) is 9.23 Å². The van der Waals surface area contributed by atoms with E-state index in [0.29, 0.717) is 11.1 Å². The Labute approximate surface area is 119 Å². The van der Waals surface area contributed by atoms with Gasteiger partial charge in [-0.05, 0) is 48.4 Å². The van der Waals surface area contributed by atoms with Gasteiger partial charge in [0.1, 0.15) is 24.0 Å². The highest BCUT2D eigenvalue weighted by atomic mass is 79.9. The third kappa shape index (κ3) is 3.53. The second kappa shape index (κ2) is 6.15. The second-order valence-corrected chi connectivity index (χ2v) is 4.81. The lowest BCUT2D eigenvalue weighted by molar-refractivity contribution is 0.302. The Balaban J connectivity index is 2.16. The van der Waals surface area contributed by atoms with Crippen molar-refractivity contribution >= 4 is 15.9 Å². The number of rotatable bonds is 4. The fourth-order valence-corrected chi connectivity index (χ4v) is 2.18. The van der Waals surface area contributed by atoms with E-state index in [2.05, 4.69) is 15.9 Å². The van der Waals surface area contributed by atoms with Gasteiger partial charge in [0.15, 0.2) is 0 Å². The Kier molecular flexibility index (Phi) is 4.53. The molecule has 0 unspecified atom stereocenters. The van der Waals surface area contributed by atoms with E-state index in [1.54, 1.807) is 12.1 Å². The predicted molar refractivity (Wildman–Crippen MR) is 74.5 cm³/mol. The predicted octanol–water partition coefficient (Wildman–Crippen LogP) is 4.75. The standard InChI is InChI=1S/C15H13BrF2O/c1-10-2-3-13(17)7-12(10)9-19-15-5-4-14(18)6-11(15)8-16/h2-7H,8-9H2,1H3. The van der Waals surface area contributed by atoms with Gasteiger partial charge in [-0.1, -0.05) is 22.0 Å². The number of hydrogen-bond donors (Lipinski definition) is 0. The van der Waals surface area contributed by atoms with E-state index < -0.39 is 0 Å². The molecule has 2 aromatic carbocycles. The lowest BCUT2D eigenvalue weighted by atomic mass is 10.1. The number of hydrogen-bond acceptors (Lipinski definition) is 1. The van der Waals surface area contributed by atoms with Crippen LogP contribution >= 0.6 is 15.9 Å². The zero-order valence-electron chi connectivity index (χ0n) is 10.4. The van der Waals surface area contributed by atoms with Crippen molar-refractivity contribution < 1.29 is 13.5 Å². The fourth-order valence-electron chi connectivity index (χ4n) is 1.74. The first-order chi connectivity index (χ1) is 9.10. The van der Waals surface area contributed by atoms with Gasteiger partial charge in [0.2, 0.25) is 0 Å². The Bertz CT molecular complexity index is 584. The Morgan fingerprint density at radius 3 is 2.32 bits per heavy atom. The molecule has 0 aliphatic carbocycles. The summed E-state index contributed by atoms with van der Waals surface area (Å²) >= 11 is 3.29. The van der Waals surface area contributed by atoms with Crippen LogP contribution in [0, 0.1) is 18.6 Å². The molecule has 2 aromatic rings. The summed E-state index contributed by atoms with van der Waals surface area (Å²) in [6.07, 6.45) is 0. The largest absolute Gasteiger partial charge is 0.489 e. The molecule has 1 nitrogen and oxygen atoms in total. The highest BCUT2D eigenvalue weighted by Crippen LogP contribution is 2.23. The second-order valence-electron chi connectivity index (χ2n) is 4.25. The summed E-state index contributed by atoms with van der Waals surface area (Å²) in [6, 6.07) is 8.93. The van der Waals surface area contributed by atoms with Crippen LogP contribution in [-0.2, 0) is 11.9 Å². The van der Waals surface area contributed by atoms with Gasteiger partial charge in [0, 0.05) is 10.9 Å². The van der Waals surface area contributed by atoms with Crippen LogP contribution in [0.3, 0.4) is 0 Å². The molecule has 4 heteroatoms. The van der Waals surface area contributed by atoms with Crippen LogP contribution in [0.15, 0.2) is 36.4 Å². The summed E-state index contributed by atoms with van der Waals surface area (Å²) in [5, 5.41) is 0.502. The molecule has 0 fully saturated rings. The van der Waals surface area contributed by atoms with Gasteiger partial charge in [-0.2, -0.15) is 0 Å². The minimum absolute atomic E-state index is 0.259. The molecule has 0 heterocycles. The zero-order chi connectivity index (χ0) is 13.8. The zero-order valence-corrected chi connectivity index (χ0v) is 12.0. The minimum Gasteiger partial charge on any atom is -0.489 e. The lowest BCUT2D eigenvalue weighted by Crippen LogP contribution is -2.00. The van der Waals surface area contributed by atoms with E-state index in [-0.39, 0.29) is 18.2 Å². The molecule has 0 N–H and O–H groups in total. The molecule has 2 rings (SSSR count). The number of aryl methyl sites for hydroxylation is 1. The van der Waals surface area contributed by atoms with Gasteiger partial charge in [-0.25, -0.2) is 8.78 Å². The molecule has 0 atom stereocenters. The molecule has 0 spiro atoms. The SMILES string of the molecule is Cc1ccc(F)cc1COc1ccc(F)cc1CBr. The normalized spacial score (nSPS) is 10.5. The van der Waals surface area contributed by atoms with Gasteiger partial charge in [-0.15, -0.1) is 0 Å². The van der Waals surface area contributed by atoms with E-state index >= 15 is 0 Å². The summed E-state index contributed by atoms with van der Waals surface area (Å²) in [4.78, 5) is 0. The van der Waals surface area contributed by atoms with Gasteiger partial charge in [-0.3, -0.25) is 0 Å². The van der Waals surface area contributed by atoms with Crippen molar-refractivity contribution in [2.75, 3.05) is 0 Å². The lowest BCUT2D eigenvalue weighted by Gasteiger charge is -2.12. The van der Waals surface area contributed by atoms with Crippen molar-refractivity contribution in [3.63, 3.8) is 0 Å². The summed E-state index contributed by atoms with van der Waals surface area (Å²) in [5.74, 6) is 0.00898. The Hall–Kier alpha value is -1.42. The van der Waals surface area contributed by atoms with Crippen molar-refractivity contribution in [2.24, 2.45) is 0 Å². The van der Waals surface area contributed by atoms with Crippen LogP contribution in [0.5, 0.6) is 5.75 Å². The van der Waals surface area contributed by atoms with E-state index in [1.165, 1.54) is 24.3 Å². The van der Waals surface area contributed by atoms with Crippen molar-refractivity contribution in [2.45, 2.75) is 18.9 Å². The van der Waals surface area contributed by atoms with E-state index in [0.717, 1.165) is 16.7 Å². The molecule has 19 heavy (non-hydrogen) atoms. The van der Waals surface area contributed by atoms with Crippen LogP contribution < -0.4 is 4.74 Å². The van der Waals surface area contributed by atoms with Gasteiger partial charge < -0.3 is 4.74 Å². The van der Waals surface area contributed by atoms with Crippen LogP contribution in [0.4, 0.5) is 8.78 Å². The summed E-state index contributed by atoms with van der Waals surface area (Å²) in [7, 11) is 0. The van der Waals surface area contributed by atoms with Crippen molar-refractivity contribution in [3.8, 4) is 5.75 Å². The third-order valence-corrected chi connectivity index (χ3v) is 3.46. The number of ether oxygens (including phenoxy) is 1. The molecular formula is C15H13BrF2O. The van der Waals surface area contributed by atoms with Crippen LogP contribution in [0.2, 0.25) is 0 Å². The third-order valence-electron chi connectivity index (χ3n) is 2.86. The smallest absolute Gasteiger partial charge is 0.124 e. The van der Waals surface area contributed by atoms with E-state index in [9.17, 15) is 8.78 Å². The number of halogens is 3. The molecule has 0 amide bonds. The molecule has 0 saturated carbocycles. The highest BCUT2D eigenvalue weighted by Gasteiger charge is 2.06. The average molecular weight is 327 g/mol. The van der Waals surface area contributed by atoms with Crippen molar-refractivity contribution in [3.05, 3.63) is 64.7 Å². The first-order valence-electron chi connectivity index (χ1n) is 5.82. The maximum Gasteiger partial charge on any atom is 0.124 e. The van der Waals surface area contributed by atoms with Gasteiger partial charge >= 0.3 is 0 Å². The van der Waals surface area contributed by atoms with Gasteiger partial charge in [0.25, 0.3) is 0 Å². The molecule has 0 radical (unpaired) electrons. The summed E-state index contributed by atoms with van der Waals surface area (Å²) in [6.45, 7) is 2.16. The van der Waals surface area contributed by atoms with Crippen LogP contribution in [0.25, 0.3) is 0 Å². The molecule has 0 bridgehead atoms. The van der Waals surface area contributed by atoms with Crippen molar-refractivity contribution in [1.29, 1.82) is 0 Å². The van der Waals surface area contributed by atoms with Crippen LogP contribution in [-0.4, -0.2) is 0 Å². The number of alkyl halides is 1. The molecule has 100 valence electrons. The fraction of sp³-hybridized carbons (Fsp3) is 0.200. The molecule has 0 aliphatic rings.